The zero-order valence-corrected chi connectivity index (χ0v) is 20.9. The zero-order valence-electron chi connectivity index (χ0n) is 19.3. The molecule has 0 saturated carbocycles. The maximum absolute atomic E-state index is 12.1. The Balaban J connectivity index is 1.67. The van der Waals surface area contributed by atoms with Gasteiger partial charge < -0.3 is 20.1 Å². The van der Waals surface area contributed by atoms with E-state index in [9.17, 15) is 19.2 Å². The van der Waals surface area contributed by atoms with Gasteiger partial charge in [-0.15, -0.1) is 0 Å². The molecule has 0 saturated heterocycles. The summed E-state index contributed by atoms with van der Waals surface area (Å²) in [5, 5.41) is 5.44. The Labute approximate surface area is 207 Å². The molecule has 0 atom stereocenters. The number of hydrogen-bond acceptors (Lipinski definition) is 6. The van der Waals surface area contributed by atoms with E-state index in [1.54, 1.807) is 30.3 Å². The molecule has 0 aromatic heterocycles. The molecule has 2 aromatic carbocycles. The number of carbonyl (C=O) groups is 4. The first-order chi connectivity index (χ1) is 16.3. The highest BCUT2D eigenvalue weighted by atomic mass is 79.9. The summed E-state index contributed by atoms with van der Waals surface area (Å²) in [6.45, 7) is 3.86. The van der Waals surface area contributed by atoms with E-state index in [2.05, 4.69) is 26.6 Å². The number of carbonyl (C=O) groups excluding carboxylic acids is 4. The number of ether oxygens (including phenoxy) is 2. The molecule has 2 N–H and O–H groups in total. The molecule has 0 aliphatic rings. The Morgan fingerprint density at radius 1 is 0.882 bits per heavy atom. The summed E-state index contributed by atoms with van der Waals surface area (Å²) in [5.74, 6) is -1.65. The summed E-state index contributed by atoms with van der Waals surface area (Å²) >= 11 is 3.39. The van der Waals surface area contributed by atoms with Crippen molar-refractivity contribution in [3.63, 3.8) is 0 Å². The van der Waals surface area contributed by atoms with Crippen LogP contribution in [0.4, 0.5) is 11.4 Å². The first-order valence-corrected chi connectivity index (χ1v) is 11.9. The van der Waals surface area contributed by atoms with Crippen molar-refractivity contribution in [1.82, 2.24) is 0 Å². The third-order valence-electron chi connectivity index (χ3n) is 4.71. The van der Waals surface area contributed by atoms with Crippen LogP contribution in [0.25, 0.3) is 0 Å². The monoisotopic (exact) mass is 532 g/mol. The summed E-state index contributed by atoms with van der Waals surface area (Å²) in [5.41, 5.74) is 2.58. The fourth-order valence-corrected chi connectivity index (χ4v) is 3.37. The van der Waals surface area contributed by atoms with Gasteiger partial charge in [-0.1, -0.05) is 29.8 Å². The Kier molecular flexibility index (Phi) is 11.3. The highest BCUT2D eigenvalue weighted by Crippen LogP contribution is 2.21. The smallest absolute Gasteiger partial charge is 0.338 e. The van der Waals surface area contributed by atoms with Crippen molar-refractivity contribution in [2.24, 2.45) is 0 Å². The van der Waals surface area contributed by atoms with E-state index in [1.807, 2.05) is 26.0 Å². The molecule has 2 rings (SSSR count). The Morgan fingerprint density at radius 2 is 1.62 bits per heavy atom. The van der Waals surface area contributed by atoms with Crippen LogP contribution in [0.15, 0.2) is 46.9 Å². The van der Waals surface area contributed by atoms with Gasteiger partial charge in [-0.25, -0.2) is 4.79 Å². The average Bonchev–Trinajstić information content (AvgIpc) is 2.82. The second kappa shape index (κ2) is 14.1. The van der Waals surface area contributed by atoms with E-state index in [1.165, 1.54) is 0 Å². The lowest BCUT2D eigenvalue weighted by molar-refractivity contribution is -0.147. The van der Waals surface area contributed by atoms with Crippen molar-refractivity contribution >= 4 is 51.1 Å². The molecule has 2 aromatic rings. The molecule has 0 radical (unpaired) electrons. The van der Waals surface area contributed by atoms with Crippen LogP contribution >= 0.6 is 15.9 Å². The summed E-state index contributed by atoms with van der Waals surface area (Å²) in [7, 11) is 0. The number of rotatable bonds is 12. The van der Waals surface area contributed by atoms with Gasteiger partial charge >= 0.3 is 11.9 Å². The van der Waals surface area contributed by atoms with Crippen LogP contribution < -0.4 is 10.6 Å². The van der Waals surface area contributed by atoms with E-state index in [-0.39, 0.29) is 25.2 Å². The molecule has 8 nitrogen and oxygen atoms in total. The van der Waals surface area contributed by atoms with Gasteiger partial charge in [0.25, 0.3) is 5.91 Å². The number of esters is 2. The molecule has 9 heteroatoms. The lowest BCUT2D eigenvalue weighted by Gasteiger charge is -2.11. The van der Waals surface area contributed by atoms with Crippen LogP contribution in [-0.2, 0) is 30.3 Å². The molecule has 2 amide bonds. The molecule has 34 heavy (non-hydrogen) atoms. The first-order valence-electron chi connectivity index (χ1n) is 11.1. The highest BCUT2D eigenvalue weighted by Gasteiger charge is 2.12. The quantitative estimate of drug-likeness (QED) is 0.377. The van der Waals surface area contributed by atoms with Gasteiger partial charge in [-0.05, 0) is 67.3 Å². The lowest BCUT2D eigenvalue weighted by Crippen LogP contribution is -2.21. The molecule has 0 unspecified atom stereocenters. The largest absolute Gasteiger partial charge is 0.462 e. The molecular formula is C25H29BrN2O6. The number of hydrogen-bond donors (Lipinski definition) is 2. The maximum atomic E-state index is 12.1. The topological polar surface area (TPSA) is 111 Å². The van der Waals surface area contributed by atoms with Gasteiger partial charge in [-0.3, -0.25) is 14.4 Å². The number of amides is 2. The fraction of sp³-hybridized carbons (Fsp3) is 0.360. The summed E-state index contributed by atoms with van der Waals surface area (Å²) in [6, 6.07) is 11.9. The maximum Gasteiger partial charge on any atom is 0.338 e. The van der Waals surface area contributed by atoms with E-state index in [0.717, 1.165) is 22.9 Å². The molecule has 0 heterocycles. The number of anilines is 2. The number of benzene rings is 2. The second-order valence-corrected chi connectivity index (χ2v) is 8.39. The van der Waals surface area contributed by atoms with Crippen LogP contribution in [0.1, 0.15) is 55.5 Å². The predicted molar refractivity (Wildman–Crippen MR) is 133 cm³/mol. The van der Waals surface area contributed by atoms with Crippen molar-refractivity contribution in [2.75, 3.05) is 23.8 Å². The first kappa shape index (κ1) is 27.0. The predicted octanol–water partition coefficient (Wildman–Crippen LogP) is 4.87. The van der Waals surface area contributed by atoms with Crippen LogP contribution in [0.3, 0.4) is 0 Å². The third kappa shape index (κ3) is 9.35. The normalized spacial score (nSPS) is 10.3. The standard InChI is InChI=1S/C25H29BrN2O6/c1-3-14-33-25(32)18-8-11-20(12-9-18)27-22(29)6-5-7-24(31)34-16-23(30)28-21-13-10-19(26)15-17(21)4-2/h8-13,15H,3-7,14,16H2,1-2H3,(H,27,29)(H,28,30). The minimum Gasteiger partial charge on any atom is -0.462 e. The summed E-state index contributed by atoms with van der Waals surface area (Å²) < 4.78 is 11.0. The van der Waals surface area contributed by atoms with E-state index in [4.69, 9.17) is 9.47 Å². The molecule has 182 valence electrons. The van der Waals surface area contributed by atoms with Crippen LogP contribution in [0.5, 0.6) is 0 Å². The van der Waals surface area contributed by atoms with Gasteiger partial charge in [0.15, 0.2) is 6.61 Å². The van der Waals surface area contributed by atoms with Crippen LogP contribution in [0.2, 0.25) is 0 Å². The van der Waals surface area contributed by atoms with Crippen molar-refractivity contribution in [3.05, 3.63) is 58.1 Å². The van der Waals surface area contributed by atoms with Crippen molar-refractivity contribution in [1.29, 1.82) is 0 Å². The Hall–Kier alpha value is -3.20. The number of halogens is 1. The summed E-state index contributed by atoms with van der Waals surface area (Å²) in [6.07, 6.45) is 1.89. The SMILES string of the molecule is CCCOC(=O)c1ccc(NC(=O)CCCC(=O)OCC(=O)Nc2ccc(Br)cc2CC)cc1. The molecule has 0 aliphatic carbocycles. The fourth-order valence-electron chi connectivity index (χ4n) is 2.97. The summed E-state index contributed by atoms with van der Waals surface area (Å²) in [4.78, 5) is 47.9. The Morgan fingerprint density at radius 3 is 2.29 bits per heavy atom. The van der Waals surface area contributed by atoms with Gasteiger partial charge in [0.1, 0.15) is 0 Å². The lowest BCUT2D eigenvalue weighted by atomic mass is 10.1. The number of aryl methyl sites for hydroxylation is 1. The minimum atomic E-state index is -0.551. The average molecular weight is 533 g/mol. The van der Waals surface area contributed by atoms with E-state index < -0.39 is 24.5 Å². The van der Waals surface area contributed by atoms with Crippen molar-refractivity contribution in [2.45, 2.75) is 46.0 Å². The van der Waals surface area contributed by atoms with Crippen LogP contribution in [0, 0.1) is 0 Å². The second-order valence-electron chi connectivity index (χ2n) is 7.48. The Bertz CT molecular complexity index is 1010. The van der Waals surface area contributed by atoms with Crippen molar-refractivity contribution < 1.29 is 28.7 Å². The minimum absolute atomic E-state index is 0.0153. The van der Waals surface area contributed by atoms with E-state index in [0.29, 0.717) is 23.5 Å². The third-order valence-corrected chi connectivity index (χ3v) is 5.21. The molecule has 0 spiro atoms. The van der Waals surface area contributed by atoms with Crippen molar-refractivity contribution in [3.8, 4) is 0 Å². The van der Waals surface area contributed by atoms with E-state index >= 15 is 0 Å². The molecule has 0 aliphatic heterocycles. The number of nitrogens with one attached hydrogen (secondary N) is 2. The highest BCUT2D eigenvalue weighted by molar-refractivity contribution is 9.10. The molecule has 0 bridgehead atoms. The van der Waals surface area contributed by atoms with Crippen LogP contribution in [-0.4, -0.2) is 37.0 Å². The van der Waals surface area contributed by atoms with Gasteiger partial charge in [0.2, 0.25) is 5.91 Å². The molecule has 0 fully saturated rings. The zero-order chi connectivity index (χ0) is 24.9. The molecular weight excluding hydrogens is 504 g/mol. The van der Waals surface area contributed by atoms with Gasteiger partial charge in [-0.2, -0.15) is 0 Å². The van der Waals surface area contributed by atoms with Gasteiger partial charge in [0, 0.05) is 28.7 Å². The van der Waals surface area contributed by atoms with Gasteiger partial charge in [0.05, 0.1) is 12.2 Å².